The number of hydrogen-bond donors (Lipinski definition) is 2. The van der Waals surface area contributed by atoms with Crippen molar-refractivity contribution in [2.45, 2.75) is 37.3 Å². The Morgan fingerprint density at radius 3 is 2.68 bits per heavy atom. The summed E-state index contributed by atoms with van der Waals surface area (Å²) in [6, 6.07) is 2.03. The fraction of sp³-hybridized carbons (Fsp3) is 0.500. The fourth-order valence-corrected chi connectivity index (χ4v) is 3.69. The van der Waals surface area contributed by atoms with Crippen LogP contribution < -0.4 is 4.72 Å². The topological polar surface area (TPSA) is 66.4 Å². The molecule has 106 valence electrons. The van der Waals surface area contributed by atoms with Gasteiger partial charge in [0.2, 0.25) is 10.0 Å². The molecule has 0 amide bonds. The van der Waals surface area contributed by atoms with Gasteiger partial charge >= 0.3 is 0 Å². The van der Waals surface area contributed by atoms with E-state index in [1.807, 2.05) is 0 Å². The summed E-state index contributed by atoms with van der Waals surface area (Å²) in [7, 11) is -3.97. The van der Waals surface area contributed by atoms with Crippen LogP contribution in [0.2, 0.25) is 5.02 Å². The van der Waals surface area contributed by atoms with Crippen molar-refractivity contribution < 1.29 is 17.9 Å². The first kappa shape index (κ1) is 14.7. The summed E-state index contributed by atoms with van der Waals surface area (Å²) < 4.78 is 40.7. The van der Waals surface area contributed by atoms with Gasteiger partial charge in [0.25, 0.3) is 0 Å². The van der Waals surface area contributed by atoms with E-state index < -0.39 is 27.3 Å². The van der Waals surface area contributed by atoms with Crippen molar-refractivity contribution in [2.75, 3.05) is 0 Å². The Morgan fingerprint density at radius 2 is 2.16 bits per heavy atom. The molecule has 4 nitrogen and oxygen atoms in total. The van der Waals surface area contributed by atoms with Crippen LogP contribution in [0, 0.1) is 11.7 Å². The minimum absolute atomic E-state index is 0.0740. The maximum atomic E-state index is 14.0. The first-order valence-electron chi connectivity index (χ1n) is 5.96. The first-order chi connectivity index (χ1) is 8.85. The SMILES string of the molecule is CC(NS(=O)(=O)c1cc(Cl)cc(CO)c1F)C1CC1. The zero-order chi connectivity index (χ0) is 14.2. The standard InChI is InChI=1S/C12H15ClFNO3S/c1-7(8-2-3-8)15-19(17,18)11-5-10(13)4-9(6-16)12(11)14/h4-5,7-8,15-16H,2-3,6H2,1H3. The van der Waals surface area contributed by atoms with E-state index in [0.29, 0.717) is 5.92 Å². The van der Waals surface area contributed by atoms with Crippen molar-refractivity contribution in [1.29, 1.82) is 0 Å². The van der Waals surface area contributed by atoms with Crippen LogP contribution >= 0.6 is 11.6 Å². The quantitative estimate of drug-likeness (QED) is 0.875. The first-order valence-corrected chi connectivity index (χ1v) is 7.82. The van der Waals surface area contributed by atoms with Crippen LogP contribution in [0.3, 0.4) is 0 Å². The molecule has 2 N–H and O–H groups in total. The molecular formula is C12H15ClFNO3S. The molecule has 0 radical (unpaired) electrons. The van der Waals surface area contributed by atoms with Gasteiger partial charge < -0.3 is 5.11 Å². The van der Waals surface area contributed by atoms with Crippen molar-refractivity contribution in [3.8, 4) is 0 Å². The molecule has 0 saturated heterocycles. The maximum absolute atomic E-state index is 14.0. The molecule has 1 aromatic carbocycles. The van der Waals surface area contributed by atoms with Crippen LogP contribution in [-0.2, 0) is 16.6 Å². The monoisotopic (exact) mass is 307 g/mol. The van der Waals surface area contributed by atoms with Crippen LogP contribution in [0.25, 0.3) is 0 Å². The predicted molar refractivity (Wildman–Crippen MR) is 69.8 cm³/mol. The highest BCUT2D eigenvalue weighted by atomic mass is 35.5. The van der Waals surface area contributed by atoms with E-state index in [-0.39, 0.29) is 16.6 Å². The van der Waals surface area contributed by atoms with Crippen molar-refractivity contribution in [1.82, 2.24) is 4.72 Å². The number of sulfonamides is 1. The van der Waals surface area contributed by atoms with E-state index in [2.05, 4.69) is 4.72 Å². The molecule has 0 heterocycles. The minimum atomic E-state index is -3.97. The number of aliphatic hydroxyl groups is 1. The van der Waals surface area contributed by atoms with Gasteiger partial charge in [0, 0.05) is 16.6 Å². The van der Waals surface area contributed by atoms with Crippen molar-refractivity contribution in [2.24, 2.45) is 5.92 Å². The van der Waals surface area contributed by atoms with Gasteiger partial charge in [0.15, 0.2) is 0 Å². The number of rotatable bonds is 5. The Bertz CT molecular complexity index is 587. The number of aliphatic hydroxyl groups excluding tert-OH is 1. The average molecular weight is 308 g/mol. The fourth-order valence-electron chi connectivity index (χ4n) is 1.93. The van der Waals surface area contributed by atoms with Gasteiger partial charge in [0.1, 0.15) is 10.7 Å². The van der Waals surface area contributed by atoms with Crippen LogP contribution in [0.4, 0.5) is 4.39 Å². The predicted octanol–water partition coefficient (Wildman–Crippen LogP) is 2.05. The highest BCUT2D eigenvalue weighted by Gasteiger charge is 2.32. The lowest BCUT2D eigenvalue weighted by Gasteiger charge is -2.15. The Kier molecular flexibility index (Phi) is 4.15. The zero-order valence-corrected chi connectivity index (χ0v) is 11.9. The molecule has 0 spiro atoms. The second-order valence-electron chi connectivity index (χ2n) is 4.78. The van der Waals surface area contributed by atoms with Gasteiger partial charge in [-0.25, -0.2) is 17.5 Å². The lowest BCUT2D eigenvalue weighted by molar-refractivity contribution is 0.274. The molecule has 7 heteroatoms. The smallest absolute Gasteiger partial charge is 0.243 e. The number of hydrogen-bond acceptors (Lipinski definition) is 3. The maximum Gasteiger partial charge on any atom is 0.243 e. The number of halogens is 2. The molecular weight excluding hydrogens is 293 g/mol. The van der Waals surface area contributed by atoms with Gasteiger partial charge in [-0.2, -0.15) is 0 Å². The lowest BCUT2D eigenvalue weighted by atomic mass is 10.2. The summed E-state index contributed by atoms with van der Waals surface area (Å²) in [6.07, 6.45) is 1.95. The Hall–Kier alpha value is -0.690. The third-order valence-corrected chi connectivity index (χ3v) is 4.99. The average Bonchev–Trinajstić information content (AvgIpc) is 3.14. The van der Waals surface area contributed by atoms with E-state index in [0.717, 1.165) is 18.9 Å². The molecule has 1 aromatic rings. The summed E-state index contributed by atoms with van der Waals surface area (Å²) in [5.74, 6) is -0.642. The second kappa shape index (κ2) is 5.36. The largest absolute Gasteiger partial charge is 0.392 e. The zero-order valence-electron chi connectivity index (χ0n) is 10.4. The molecule has 1 aliphatic carbocycles. The van der Waals surface area contributed by atoms with Gasteiger partial charge in [-0.05, 0) is 37.8 Å². The van der Waals surface area contributed by atoms with Crippen LogP contribution in [0.5, 0.6) is 0 Å². The van der Waals surface area contributed by atoms with E-state index >= 15 is 0 Å². The van der Waals surface area contributed by atoms with E-state index in [1.54, 1.807) is 6.92 Å². The minimum Gasteiger partial charge on any atom is -0.392 e. The summed E-state index contributed by atoms with van der Waals surface area (Å²) in [6.45, 7) is 1.15. The van der Waals surface area contributed by atoms with E-state index in [4.69, 9.17) is 16.7 Å². The third-order valence-electron chi connectivity index (χ3n) is 3.21. The van der Waals surface area contributed by atoms with Gasteiger partial charge in [-0.3, -0.25) is 0 Å². The summed E-state index contributed by atoms with van der Waals surface area (Å²) in [5.41, 5.74) is -0.132. The number of benzene rings is 1. The molecule has 0 bridgehead atoms. The third kappa shape index (κ3) is 3.25. The molecule has 0 aromatic heterocycles. The molecule has 1 fully saturated rings. The Labute approximate surface area is 116 Å². The van der Waals surface area contributed by atoms with E-state index in [9.17, 15) is 12.8 Å². The highest BCUT2D eigenvalue weighted by Crippen LogP contribution is 2.33. The van der Waals surface area contributed by atoms with Crippen molar-refractivity contribution in [3.63, 3.8) is 0 Å². The molecule has 19 heavy (non-hydrogen) atoms. The van der Waals surface area contributed by atoms with Gasteiger partial charge in [-0.1, -0.05) is 11.6 Å². The summed E-state index contributed by atoms with van der Waals surface area (Å²) in [5, 5.41) is 9.07. The van der Waals surface area contributed by atoms with E-state index in [1.165, 1.54) is 6.07 Å². The van der Waals surface area contributed by atoms with Crippen molar-refractivity contribution in [3.05, 3.63) is 28.5 Å². The normalized spacial score (nSPS) is 17.5. The van der Waals surface area contributed by atoms with Crippen LogP contribution in [0.1, 0.15) is 25.3 Å². The van der Waals surface area contributed by atoms with Crippen molar-refractivity contribution >= 4 is 21.6 Å². The molecule has 0 aliphatic heterocycles. The summed E-state index contributed by atoms with van der Waals surface area (Å²) >= 11 is 5.75. The molecule has 2 rings (SSSR count). The number of nitrogens with one attached hydrogen (secondary N) is 1. The molecule has 1 atom stereocenters. The van der Waals surface area contributed by atoms with Crippen LogP contribution in [0.15, 0.2) is 17.0 Å². The lowest BCUT2D eigenvalue weighted by Crippen LogP contribution is -2.34. The Morgan fingerprint density at radius 1 is 1.53 bits per heavy atom. The second-order valence-corrected chi connectivity index (χ2v) is 6.90. The summed E-state index contributed by atoms with van der Waals surface area (Å²) in [4.78, 5) is -0.517. The molecule has 1 unspecified atom stereocenters. The van der Waals surface area contributed by atoms with Gasteiger partial charge in [-0.15, -0.1) is 0 Å². The highest BCUT2D eigenvalue weighted by molar-refractivity contribution is 7.89. The molecule has 1 saturated carbocycles. The van der Waals surface area contributed by atoms with Gasteiger partial charge in [0.05, 0.1) is 6.61 Å². The molecule has 1 aliphatic rings. The Balaban J connectivity index is 2.36. The van der Waals surface area contributed by atoms with Crippen LogP contribution in [-0.4, -0.2) is 19.6 Å².